The molecule has 0 aliphatic carbocycles. The van der Waals surface area contributed by atoms with E-state index in [4.69, 9.17) is 4.74 Å². The smallest absolute Gasteiger partial charge is 0.225 e. The lowest BCUT2D eigenvalue weighted by Gasteiger charge is -2.30. The zero-order valence-electron chi connectivity index (χ0n) is 11.3. The van der Waals surface area contributed by atoms with Gasteiger partial charge in [-0.1, -0.05) is 6.92 Å². The standard InChI is InChI=1S/C15H20FNO2/c1-12-6-9-17(10-7-12)15(18)8-11-19-14-4-2-13(16)3-5-14/h2-5,12H,6-11H2,1H3. The Morgan fingerprint density at radius 1 is 1.32 bits per heavy atom. The van der Waals surface area contributed by atoms with Crippen molar-refractivity contribution in [2.75, 3.05) is 19.7 Å². The molecule has 0 unspecified atom stereocenters. The molecule has 0 N–H and O–H groups in total. The number of carbonyl (C=O) groups is 1. The van der Waals surface area contributed by atoms with Crippen molar-refractivity contribution in [1.29, 1.82) is 0 Å². The van der Waals surface area contributed by atoms with Crippen LogP contribution < -0.4 is 4.74 Å². The number of piperidine rings is 1. The highest BCUT2D eigenvalue weighted by Gasteiger charge is 2.19. The molecule has 4 heteroatoms. The van der Waals surface area contributed by atoms with Gasteiger partial charge in [0.25, 0.3) is 0 Å². The summed E-state index contributed by atoms with van der Waals surface area (Å²) in [5.74, 6) is 1.18. The summed E-state index contributed by atoms with van der Waals surface area (Å²) in [5.41, 5.74) is 0. The van der Waals surface area contributed by atoms with Crippen LogP contribution in [0.4, 0.5) is 4.39 Å². The molecule has 1 heterocycles. The van der Waals surface area contributed by atoms with E-state index in [0.29, 0.717) is 18.8 Å². The summed E-state index contributed by atoms with van der Waals surface area (Å²) in [7, 11) is 0. The molecular weight excluding hydrogens is 245 g/mol. The maximum absolute atomic E-state index is 12.7. The second kappa shape index (κ2) is 6.55. The minimum Gasteiger partial charge on any atom is -0.493 e. The van der Waals surface area contributed by atoms with E-state index in [1.807, 2.05) is 4.90 Å². The Morgan fingerprint density at radius 3 is 2.58 bits per heavy atom. The highest BCUT2D eigenvalue weighted by molar-refractivity contribution is 5.76. The minimum absolute atomic E-state index is 0.147. The van der Waals surface area contributed by atoms with Crippen LogP contribution in [-0.2, 0) is 4.79 Å². The number of amides is 1. The van der Waals surface area contributed by atoms with Crippen molar-refractivity contribution >= 4 is 5.91 Å². The molecule has 0 bridgehead atoms. The fourth-order valence-electron chi connectivity index (χ4n) is 2.20. The minimum atomic E-state index is -0.286. The topological polar surface area (TPSA) is 29.5 Å². The summed E-state index contributed by atoms with van der Waals surface area (Å²) < 4.78 is 18.1. The molecule has 0 saturated carbocycles. The summed E-state index contributed by atoms with van der Waals surface area (Å²) in [6, 6.07) is 5.84. The molecule has 0 spiro atoms. The van der Waals surface area contributed by atoms with Crippen LogP contribution in [0.25, 0.3) is 0 Å². The lowest BCUT2D eigenvalue weighted by Crippen LogP contribution is -2.38. The molecule has 1 aromatic carbocycles. The SMILES string of the molecule is CC1CCN(C(=O)CCOc2ccc(F)cc2)CC1. The summed E-state index contributed by atoms with van der Waals surface area (Å²) in [6.07, 6.45) is 2.56. The third kappa shape index (κ3) is 4.23. The molecular formula is C15H20FNO2. The van der Waals surface area contributed by atoms with Gasteiger partial charge in [0.1, 0.15) is 11.6 Å². The van der Waals surface area contributed by atoms with Gasteiger partial charge >= 0.3 is 0 Å². The summed E-state index contributed by atoms with van der Waals surface area (Å²) in [5, 5.41) is 0. The molecule has 3 nitrogen and oxygen atoms in total. The molecule has 1 amide bonds. The Bertz CT molecular complexity index is 411. The van der Waals surface area contributed by atoms with Gasteiger partial charge < -0.3 is 9.64 Å². The number of likely N-dealkylation sites (tertiary alicyclic amines) is 1. The molecule has 1 aliphatic rings. The van der Waals surface area contributed by atoms with Gasteiger partial charge in [-0.25, -0.2) is 4.39 Å². The van der Waals surface area contributed by atoms with E-state index in [1.165, 1.54) is 12.1 Å². The van der Waals surface area contributed by atoms with E-state index in [-0.39, 0.29) is 11.7 Å². The van der Waals surface area contributed by atoms with Crippen molar-refractivity contribution in [2.45, 2.75) is 26.2 Å². The largest absolute Gasteiger partial charge is 0.493 e. The highest BCUT2D eigenvalue weighted by Crippen LogP contribution is 2.17. The zero-order chi connectivity index (χ0) is 13.7. The van der Waals surface area contributed by atoms with Gasteiger partial charge in [0.05, 0.1) is 13.0 Å². The number of rotatable bonds is 4. The van der Waals surface area contributed by atoms with Gasteiger partial charge in [-0.05, 0) is 43.0 Å². The maximum Gasteiger partial charge on any atom is 0.225 e. The number of ether oxygens (including phenoxy) is 1. The molecule has 1 saturated heterocycles. The Balaban J connectivity index is 1.70. The average Bonchev–Trinajstić information content (AvgIpc) is 2.41. The molecule has 1 fully saturated rings. The first kappa shape index (κ1) is 13.8. The van der Waals surface area contributed by atoms with Crippen LogP contribution in [0.1, 0.15) is 26.2 Å². The van der Waals surface area contributed by atoms with Crippen LogP contribution >= 0.6 is 0 Å². The zero-order valence-corrected chi connectivity index (χ0v) is 11.3. The van der Waals surface area contributed by atoms with Crippen molar-refractivity contribution in [3.05, 3.63) is 30.1 Å². The van der Waals surface area contributed by atoms with Gasteiger partial charge in [0.15, 0.2) is 0 Å². The molecule has 1 aromatic rings. The predicted molar refractivity (Wildman–Crippen MR) is 71.5 cm³/mol. The van der Waals surface area contributed by atoms with Crippen LogP contribution in [-0.4, -0.2) is 30.5 Å². The van der Waals surface area contributed by atoms with Gasteiger partial charge in [-0.2, -0.15) is 0 Å². The number of hydrogen-bond acceptors (Lipinski definition) is 2. The van der Waals surface area contributed by atoms with Gasteiger partial charge in [-0.3, -0.25) is 4.79 Å². The number of hydrogen-bond donors (Lipinski definition) is 0. The molecule has 0 aromatic heterocycles. The Kier molecular flexibility index (Phi) is 4.77. The summed E-state index contributed by atoms with van der Waals surface area (Å²) >= 11 is 0. The number of carbonyl (C=O) groups excluding carboxylic acids is 1. The van der Waals surface area contributed by atoms with Crippen molar-refractivity contribution in [2.24, 2.45) is 5.92 Å². The highest BCUT2D eigenvalue weighted by atomic mass is 19.1. The van der Waals surface area contributed by atoms with Crippen LogP contribution in [0.2, 0.25) is 0 Å². The molecule has 104 valence electrons. The van der Waals surface area contributed by atoms with Crippen LogP contribution in [0, 0.1) is 11.7 Å². The predicted octanol–water partition coefficient (Wildman–Crippen LogP) is 2.85. The number of nitrogens with zero attached hydrogens (tertiary/aromatic N) is 1. The van der Waals surface area contributed by atoms with Gasteiger partial charge in [0, 0.05) is 13.1 Å². The third-order valence-corrected chi connectivity index (χ3v) is 3.53. The van der Waals surface area contributed by atoms with E-state index in [1.54, 1.807) is 12.1 Å². The first-order valence-corrected chi connectivity index (χ1v) is 6.81. The van der Waals surface area contributed by atoms with Gasteiger partial charge in [-0.15, -0.1) is 0 Å². The van der Waals surface area contributed by atoms with Crippen molar-refractivity contribution < 1.29 is 13.9 Å². The lowest BCUT2D eigenvalue weighted by molar-refractivity contribution is -0.133. The molecule has 19 heavy (non-hydrogen) atoms. The summed E-state index contributed by atoms with van der Waals surface area (Å²) in [6.45, 7) is 4.28. The van der Waals surface area contributed by atoms with Crippen LogP contribution in [0.5, 0.6) is 5.75 Å². The van der Waals surface area contributed by atoms with E-state index < -0.39 is 0 Å². The lowest BCUT2D eigenvalue weighted by atomic mass is 9.99. The van der Waals surface area contributed by atoms with Crippen LogP contribution in [0.15, 0.2) is 24.3 Å². The number of halogens is 1. The van der Waals surface area contributed by atoms with E-state index in [9.17, 15) is 9.18 Å². The van der Waals surface area contributed by atoms with Crippen molar-refractivity contribution in [3.8, 4) is 5.75 Å². The van der Waals surface area contributed by atoms with Gasteiger partial charge in [0.2, 0.25) is 5.91 Å². The normalized spacial score (nSPS) is 16.4. The Hall–Kier alpha value is -1.58. The Morgan fingerprint density at radius 2 is 1.95 bits per heavy atom. The molecule has 1 aliphatic heterocycles. The quantitative estimate of drug-likeness (QED) is 0.837. The van der Waals surface area contributed by atoms with Crippen LogP contribution in [0.3, 0.4) is 0 Å². The first-order chi connectivity index (χ1) is 9.15. The van der Waals surface area contributed by atoms with Crippen molar-refractivity contribution in [1.82, 2.24) is 4.90 Å². The van der Waals surface area contributed by atoms with E-state index in [0.717, 1.165) is 31.8 Å². The monoisotopic (exact) mass is 265 g/mol. The second-order valence-electron chi connectivity index (χ2n) is 5.12. The molecule has 2 rings (SSSR count). The third-order valence-electron chi connectivity index (χ3n) is 3.53. The molecule has 0 atom stereocenters. The maximum atomic E-state index is 12.7. The van der Waals surface area contributed by atoms with Crippen molar-refractivity contribution in [3.63, 3.8) is 0 Å². The number of benzene rings is 1. The fraction of sp³-hybridized carbons (Fsp3) is 0.533. The first-order valence-electron chi connectivity index (χ1n) is 6.81. The molecule has 0 radical (unpaired) electrons. The van der Waals surface area contributed by atoms with E-state index >= 15 is 0 Å². The fourth-order valence-corrected chi connectivity index (χ4v) is 2.20. The second-order valence-corrected chi connectivity index (χ2v) is 5.12. The average molecular weight is 265 g/mol. The van der Waals surface area contributed by atoms with E-state index in [2.05, 4.69) is 6.92 Å². The summed E-state index contributed by atoms with van der Waals surface area (Å²) in [4.78, 5) is 13.8. The Labute approximate surface area is 113 Å².